The van der Waals surface area contributed by atoms with Crippen molar-refractivity contribution in [1.82, 2.24) is 0 Å². The summed E-state index contributed by atoms with van der Waals surface area (Å²) in [4.78, 5) is 43.4. The van der Waals surface area contributed by atoms with E-state index in [0.29, 0.717) is 33.5 Å². The fourth-order valence-corrected chi connectivity index (χ4v) is 5.11. The third-order valence-electron chi connectivity index (χ3n) is 7.58. The van der Waals surface area contributed by atoms with Gasteiger partial charge < -0.3 is 29.7 Å². The van der Waals surface area contributed by atoms with E-state index in [4.69, 9.17) is 24.4 Å². The molecule has 0 bridgehead atoms. The number of rotatable bonds is 10. The molecule has 2 amide bonds. The van der Waals surface area contributed by atoms with Gasteiger partial charge in [-0.2, -0.15) is 4.99 Å². The van der Waals surface area contributed by atoms with E-state index in [1.54, 1.807) is 66.7 Å². The molecule has 6 aromatic rings. The summed E-state index contributed by atoms with van der Waals surface area (Å²) in [5.41, 5.74) is 9.86. The Bertz CT molecular complexity index is 2140. The quantitative estimate of drug-likeness (QED) is 0.0868. The first-order valence-corrected chi connectivity index (χ1v) is 15.3. The van der Waals surface area contributed by atoms with Crippen molar-refractivity contribution in [2.75, 3.05) is 12.4 Å². The Morgan fingerprint density at radius 2 is 1.39 bits per heavy atom. The molecule has 0 aliphatic heterocycles. The maximum atomic E-state index is 14.0. The third-order valence-corrected chi connectivity index (χ3v) is 7.58. The molecule has 10 nitrogen and oxygen atoms in total. The largest absolute Gasteiger partial charge is 0.497 e. The number of anilines is 1. The van der Waals surface area contributed by atoms with Crippen LogP contribution in [0.4, 0.5) is 10.5 Å². The zero-order chi connectivity index (χ0) is 34.2. The summed E-state index contributed by atoms with van der Waals surface area (Å²) in [5, 5.41) is 3.38. The Morgan fingerprint density at radius 1 is 0.755 bits per heavy atom. The number of hydrogen-bond donors (Lipinski definition) is 2. The summed E-state index contributed by atoms with van der Waals surface area (Å²) in [5.74, 6) is -0.390. The Hall–Kier alpha value is -6.68. The highest BCUT2D eigenvalue weighted by Crippen LogP contribution is 2.38. The number of nitrogens with two attached hydrogens (primary N) is 1. The average molecular weight is 654 g/mol. The molecular weight excluding hydrogens is 622 g/mol. The fourth-order valence-electron chi connectivity index (χ4n) is 5.11. The second kappa shape index (κ2) is 14.8. The number of furan rings is 1. The van der Waals surface area contributed by atoms with Crippen LogP contribution in [0.2, 0.25) is 0 Å². The third kappa shape index (κ3) is 7.66. The monoisotopic (exact) mass is 653 g/mol. The number of amidine groups is 1. The number of nitrogens with zero attached hydrogens (tertiary/aromatic N) is 1. The zero-order valence-electron chi connectivity index (χ0n) is 26.4. The Balaban J connectivity index is 1.25. The van der Waals surface area contributed by atoms with Crippen LogP contribution in [0.3, 0.4) is 0 Å². The lowest BCUT2D eigenvalue weighted by Gasteiger charge is -2.11. The number of amides is 2. The number of ether oxygens (including phenoxy) is 3. The van der Waals surface area contributed by atoms with E-state index < -0.39 is 18.0 Å². The van der Waals surface area contributed by atoms with Crippen LogP contribution in [0.5, 0.6) is 5.75 Å². The number of nitrogens with one attached hydrogen (secondary N) is 1. The number of methoxy groups -OCH3 is 1. The first-order valence-electron chi connectivity index (χ1n) is 15.3. The molecule has 1 aromatic heterocycles. The van der Waals surface area contributed by atoms with Crippen molar-refractivity contribution in [3.63, 3.8) is 0 Å². The van der Waals surface area contributed by atoms with E-state index in [1.165, 1.54) is 7.11 Å². The van der Waals surface area contributed by atoms with Crippen LogP contribution in [-0.2, 0) is 22.7 Å². The number of hydrogen-bond acceptors (Lipinski definition) is 7. The SMILES string of the molecule is COc1ccc2oc(-c3ccccc3C(=O)OCc3ccccc3)c(C(=O)Nc3ccc(C(N)=NC(=O)OCc4ccccc4)cc3)c2c1. The van der Waals surface area contributed by atoms with Gasteiger partial charge in [0.25, 0.3) is 5.91 Å². The molecule has 0 fully saturated rings. The molecule has 0 aliphatic carbocycles. The number of esters is 1. The van der Waals surface area contributed by atoms with Crippen molar-refractivity contribution in [1.29, 1.82) is 0 Å². The van der Waals surface area contributed by atoms with E-state index in [0.717, 1.165) is 11.1 Å². The van der Waals surface area contributed by atoms with Gasteiger partial charge in [-0.3, -0.25) is 4.79 Å². The molecule has 0 atom stereocenters. The smallest absolute Gasteiger partial charge is 0.435 e. The summed E-state index contributed by atoms with van der Waals surface area (Å²) < 4.78 is 22.5. The molecule has 10 heteroatoms. The lowest BCUT2D eigenvalue weighted by molar-refractivity contribution is 0.0473. The molecule has 0 aliphatic rings. The highest BCUT2D eigenvalue weighted by atomic mass is 16.5. The van der Waals surface area contributed by atoms with Crippen LogP contribution in [0.15, 0.2) is 137 Å². The van der Waals surface area contributed by atoms with Crippen molar-refractivity contribution in [3.05, 3.63) is 155 Å². The van der Waals surface area contributed by atoms with Crippen molar-refractivity contribution in [2.45, 2.75) is 13.2 Å². The average Bonchev–Trinajstić information content (AvgIpc) is 3.53. The Labute approximate surface area is 281 Å². The summed E-state index contributed by atoms with van der Waals surface area (Å²) in [6.07, 6.45) is -0.822. The molecule has 0 saturated carbocycles. The molecule has 6 rings (SSSR count). The summed E-state index contributed by atoms with van der Waals surface area (Å²) >= 11 is 0. The van der Waals surface area contributed by atoms with Crippen molar-refractivity contribution < 1.29 is 33.0 Å². The molecule has 3 N–H and O–H groups in total. The standard InChI is InChI=1S/C39H31N3O7/c1-46-29-20-21-33-32(22-29)34(35(49-33)30-14-8-9-15-31(30)38(44)47-23-25-10-4-2-5-11-25)37(43)41-28-18-16-27(17-19-28)36(40)42-39(45)48-24-26-12-6-3-7-13-26/h2-22H,23-24H2,1H3,(H,41,43)(H2,40,42,45). The van der Waals surface area contributed by atoms with Crippen molar-refractivity contribution in [2.24, 2.45) is 10.7 Å². The maximum Gasteiger partial charge on any atom is 0.435 e. The molecule has 0 radical (unpaired) electrons. The highest BCUT2D eigenvalue weighted by Gasteiger charge is 2.26. The Morgan fingerprint density at radius 3 is 2.06 bits per heavy atom. The van der Waals surface area contributed by atoms with Crippen molar-refractivity contribution >= 4 is 40.5 Å². The minimum atomic E-state index is -0.822. The van der Waals surface area contributed by atoms with E-state index in [-0.39, 0.29) is 35.9 Å². The van der Waals surface area contributed by atoms with E-state index in [9.17, 15) is 14.4 Å². The molecule has 244 valence electrons. The second-order valence-electron chi connectivity index (χ2n) is 10.8. The van der Waals surface area contributed by atoms with Gasteiger partial charge in [-0.1, -0.05) is 78.9 Å². The van der Waals surface area contributed by atoms with Crippen LogP contribution in [-0.4, -0.2) is 30.9 Å². The van der Waals surface area contributed by atoms with Gasteiger partial charge in [0.2, 0.25) is 0 Å². The van der Waals surface area contributed by atoms with Crippen LogP contribution in [0.1, 0.15) is 37.4 Å². The minimum absolute atomic E-state index is 0.0399. The predicted molar refractivity (Wildman–Crippen MR) is 186 cm³/mol. The van der Waals surface area contributed by atoms with Gasteiger partial charge in [0.15, 0.2) is 0 Å². The number of carbonyl (C=O) groups excluding carboxylic acids is 3. The molecule has 0 spiro atoms. The number of benzene rings is 5. The lowest BCUT2D eigenvalue weighted by Crippen LogP contribution is -2.17. The lowest BCUT2D eigenvalue weighted by atomic mass is 10.00. The van der Waals surface area contributed by atoms with Gasteiger partial charge in [-0.05, 0) is 59.7 Å². The first-order chi connectivity index (χ1) is 23.9. The van der Waals surface area contributed by atoms with Gasteiger partial charge in [0.1, 0.15) is 36.1 Å². The normalized spacial score (nSPS) is 11.2. The second-order valence-corrected chi connectivity index (χ2v) is 10.8. The van der Waals surface area contributed by atoms with Gasteiger partial charge in [-0.15, -0.1) is 0 Å². The molecule has 1 heterocycles. The molecule has 0 unspecified atom stereocenters. The molecule has 49 heavy (non-hydrogen) atoms. The number of fused-ring (bicyclic) bond motifs is 1. The molecule has 5 aromatic carbocycles. The van der Waals surface area contributed by atoms with Gasteiger partial charge in [0.05, 0.1) is 18.2 Å². The van der Waals surface area contributed by atoms with Gasteiger partial charge >= 0.3 is 12.1 Å². The molecule has 0 saturated heterocycles. The highest BCUT2D eigenvalue weighted by molar-refractivity contribution is 6.17. The van der Waals surface area contributed by atoms with E-state index >= 15 is 0 Å². The fraction of sp³-hybridized carbons (Fsp3) is 0.0769. The number of carbonyl (C=O) groups is 3. The van der Waals surface area contributed by atoms with Gasteiger partial charge in [0, 0.05) is 22.2 Å². The topological polar surface area (TPSA) is 142 Å². The summed E-state index contributed by atoms with van der Waals surface area (Å²) in [6, 6.07) is 37.0. The Kier molecular flexibility index (Phi) is 9.76. The van der Waals surface area contributed by atoms with E-state index in [1.807, 2.05) is 60.7 Å². The van der Waals surface area contributed by atoms with Gasteiger partial charge in [-0.25, -0.2) is 9.59 Å². The summed E-state index contributed by atoms with van der Waals surface area (Å²) in [7, 11) is 1.53. The van der Waals surface area contributed by atoms with Crippen LogP contribution in [0, 0.1) is 0 Å². The predicted octanol–water partition coefficient (Wildman–Crippen LogP) is 7.76. The van der Waals surface area contributed by atoms with E-state index in [2.05, 4.69) is 10.3 Å². The van der Waals surface area contributed by atoms with Crippen LogP contribution < -0.4 is 15.8 Å². The first kappa shape index (κ1) is 32.3. The summed E-state index contributed by atoms with van der Waals surface area (Å²) in [6.45, 7) is 0.149. The van der Waals surface area contributed by atoms with Crippen molar-refractivity contribution in [3.8, 4) is 17.1 Å². The maximum absolute atomic E-state index is 14.0. The van der Waals surface area contributed by atoms with Crippen LogP contribution in [0.25, 0.3) is 22.3 Å². The molecular formula is C39H31N3O7. The number of aliphatic imine (C=N–C) groups is 1. The minimum Gasteiger partial charge on any atom is -0.497 e. The van der Waals surface area contributed by atoms with Crippen LogP contribution >= 0.6 is 0 Å². The zero-order valence-corrected chi connectivity index (χ0v) is 26.4.